The largest absolute Gasteiger partial charge is 0.475 e. The fraction of sp³-hybridized carbons (Fsp3) is 0.167. The predicted octanol–water partition coefficient (Wildman–Crippen LogP) is 2.56. The van der Waals surface area contributed by atoms with Gasteiger partial charge in [0.2, 0.25) is 11.7 Å². The van der Waals surface area contributed by atoms with Crippen molar-refractivity contribution in [3.63, 3.8) is 0 Å². The Hall–Kier alpha value is -3.09. The van der Waals surface area contributed by atoms with Crippen LogP contribution in [0.25, 0.3) is 0 Å². The van der Waals surface area contributed by atoms with E-state index in [1.807, 2.05) is 0 Å². The molecule has 5 nitrogen and oxygen atoms in total. The van der Waals surface area contributed by atoms with Crippen LogP contribution in [-0.2, 0) is 14.4 Å². The van der Waals surface area contributed by atoms with Gasteiger partial charge in [0.1, 0.15) is 11.6 Å². The summed E-state index contributed by atoms with van der Waals surface area (Å²) in [6.45, 7) is 0. The molecule has 0 saturated heterocycles. The summed E-state index contributed by atoms with van der Waals surface area (Å²) < 4.78 is 26.4. The molecule has 0 aliphatic carbocycles. The topological polar surface area (TPSA) is 74.7 Å². The summed E-state index contributed by atoms with van der Waals surface area (Å²) in [7, 11) is 1.40. The van der Waals surface area contributed by atoms with E-state index in [2.05, 4.69) is 0 Å². The third-order valence-electron chi connectivity index (χ3n) is 3.70. The molecule has 1 amide bonds. The van der Waals surface area contributed by atoms with E-state index in [1.165, 1.54) is 60.5 Å². The van der Waals surface area contributed by atoms with E-state index in [9.17, 15) is 23.2 Å². The third kappa shape index (κ3) is 4.47. The molecule has 0 aliphatic rings. The molecule has 0 saturated carbocycles. The first-order valence-electron chi connectivity index (χ1n) is 7.32. The number of rotatable bonds is 6. The smallest absolute Gasteiger partial charge is 0.372 e. The van der Waals surface area contributed by atoms with Crippen LogP contribution < -0.4 is 0 Å². The number of Topliss-reactive ketones (excluding diaryl/α,β-unsaturated/α-hetero) is 1. The molecule has 2 aromatic rings. The van der Waals surface area contributed by atoms with E-state index in [1.54, 1.807) is 0 Å². The number of carboxylic acids is 1. The Morgan fingerprint density at radius 3 is 1.68 bits per heavy atom. The third-order valence-corrected chi connectivity index (χ3v) is 3.70. The normalized spacial score (nSPS) is 10.6. The fourth-order valence-corrected chi connectivity index (χ4v) is 2.41. The molecule has 25 heavy (non-hydrogen) atoms. The van der Waals surface area contributed by atoms with Crippen LogP contribution in [0.15, 0.2) is 48.5 Å². The highest BCUT2D eigenvalue weighted by atomic mass is 19.1. The van der Waals surface area contributed by atoms with Gasteiger partial charge in [-0.2, -0.15) is 0 Å². The van der Waals surface area contributed by atoms with Crippen LogP contribution in [0.3, 0.4) is 0 Å². The molecule has 0 aromatic heterocycles. The highest BCUT2D eigenvalue weighted by Crippen LogP contribution is 2.28. The summed E-state index contributed by atoms with van der Waals surface area (Å²) >= 11 is 0. The van der Waals surface area contributed by atoms with Crippen molar-refractivity contribution in [3.8, 4) is 0 Å². The van der Waals surface area contributed by atoms with Crippen molar-refractivity contribution < 1.29 is 28.3 Å². The first-order chi connectivity index (χ1) is 11.8. The SMILES string of the molecule is CN(C(=O)CC(=O)C(=O)O)C(c1ccc(F)cc1)c1ccc(F)cc1. The minimum Gasteiger partial charge on any atom is -0.475 e. The van der Waals surface area contributed by atoms with E-state index >= 15 is 0 Å². The number of carbonyl (C=O) groups is 3. The average molecular weight is 347 g/mol. The number of nitrogens with zero attached hydrogens (tertiary/aromatic N) is 1. The van der Waals surface area contributed by atoms with Crippen molar-refractivity contribution >= 4 is 17.7 Å². The molecule has 7 heteroatoms. The van der Waals surface area contributed by atoms with Crippen molar-refractivity contribution in [2.75, 3.05) is 7.05 Å². The second-order valence-electron chi connectivity index (χ2n) is 5.42. The molecule has 0 heterocycles. The van der Waals surface area contributed by atoms with Gasteiger partial charge in [-0.1, -0.05) is 24.3 Å². The molecule has 0 fully saturated rings. The molecule has 0 bridgehead atoms. The summed E-state index contributed by atoms with van der Waals surface area (Å²) in [4.78, 5) is 35.4. The van der Waals surface area contributed by atoms with Crippen molar-refractivity contribution in [1.82, 2.24) is 4.90 Å². The van der Waals surface area contributed by atoms with Gasteiger partial charge in [-0.05, 0) is 35.4 Å². The Morgan fingerprint density at radius 1 is 0.920 bits per heavy atom. The second-order valence-corrected chi connectivity index (χ2v) is 5.42. The van der Waals surface area contributed by atoms with Crippen molar-refractivity contribution in [3.05, 3.63) is 71.3 Å². The maximum atomic E-state index is 13.2. The Bertz CT molecular complexity index is 742. The van der Waals surface area contributed by atoms with Crippen LogP contribution in [0, 0.1) is 11.6 Å². The molecule has 130 valence electrons. The van der Waals surface area contributed by atoms with Gasteiger partial charge in [0.25, 0.3) is 0 Å². The molecular formula is C18H15F2NO4. The zero-order chi connectivity index (χ0) is 18.6. The van der Waals surface area contributed by atoms with Crippen LogP contribution in [0.2, 0.25) is 0 Å². The number of aliphatic carboxylic acids is 1. The number of hydrogen-bond acceptors (Lipinski definition) is 3. The number of ketones is 1. The minimum atomic E-state index is -1.69. The molecule has 2 rings (SSSR count). The molecule has 0 spiro atoms. The highest BCUT2D eigenvalue weighted by molar-refractivity contribution is 6.36. The summed E-state index contributed by atoms with van der Waals surface area (Å²) in [6, 6.07) is 9.99. The van der Waals surface area contributed by atoms with E-state index in [0.717, 1.165) is 0 Å². The number of carbonyl (C=O) groups excluding carboxylic acids is 2. The molecule has 0 unspecified atom stereocenters. The Kier molecular flexibility index (Phi) is 5.59. The fourth-order valence-electron chi connectivity index (χ4n) is 2.41. The lowest BCUT2D eigenvalue weighted by Crippen LogP contribution is -2.34. The first kappa shape index (κ1) is 18.3. The van der Waals surface area contributed by atoms with Crippen LogP contribution >= 0.6 is 0 Å². The zero-order valence-electron chi connectivity index (χ0n) is 13.3. The zero-order valence-corrected chi connectivity index (χ0v) is 13.3. The van der Waals surface area contributed by atoms with E-state index < -0.39 is 41.8 Å². The van der Waals surface area contributed by atoms with E-state index in [-0.39, 0.29) is 0 Å². The number of hydrogen-bond donors (Lipinski definition) is 1. The highest BCUT2D eigenvalue weighted by Gasteiger charge is 2.26. The first-order valence-corrected chi connectivity index (χ1v) is 7.32. The van der Waals surface area contributed by atoms with E-state index in [0.29, 0.717) is 11.1 Å². The van der Waals surface area contributed by atoms with Gasteiger partial charge >= 0.3 is 5.97 Å². The number of amides is 1. The Morgan fingerprint density at radius 2 is 1.32 bits per heavy atom. The standard InChI is InChI=1S/C18H15F2NO4/c1-21(16(23)10-15(22)18(24)25)17(11-2-6-13(19)7-3-11)12-4-8-14(20)9-5-12/h2-9,17H,10H2,1H3,(H,24,25). The molecule has 2 aromatic carbocycles. The van der Waals surface area contributed by atoms with Crippen LogP contribution in [0.1, 0.15) is 23.6 Å². The Balaban J connectivity index is 2.38. The molecule has 0 aliphatic heterocycles. The lowest BCUT2D eigenvalue weighted by Gasteiger charge is -2.29. The van der Waals surface area contributed by atoms with Gasteiger partial charge in [0.05, 0.1) is 12.5 Å². The minimum absolute atomic E-state index is 0.461. The van der Waals surface area contributed by atoms with Crippen molar-refractivity contribution in [2.24, 2.45) is 0 Å². The quantitative estimate of drug-likeness (QED) is 0.644. The maximum absolute atomic E-state index is 13.2. The Labute approximate surface area is 142 Å². The van der Waals surface area contributed by atoms with E-state index in [4.69, 9.17) is 5.11 Å². The molecule has 0 atom stereocenters. The van der Waals surface area contributed by atoms with Gasteiger partial charge < -0.3 is 10.0 Å². The van der Waals surface area contributed by atoms with Gasteiger partial charge in [-0.25, -0.2) is 13.6 Å². The van der Waals surface area contributed by atoms with Crippen molar-refractivity contribution in [1.29, 1.82) is 0 Å². The van der Waals surface area contributed by atoms with Gasteiger partial charge in [0.15, 0.2) is 0 Å². The molecule has 1 N–H and O–H groups in total. The predicted molar refractivity (Wildman–Crippen MR) is 84.7 cm³/mol. The van der Waals surface area contributed by atoms with Crippen molar-refractivity contribution in [2.45, 2.75) is 12.5 Å². The maximum Gasteiger partial charge on any atom is 0.372 e. The van der Waals surface area contributed by atoms with Gasteiger partial charge in [0, 0.05) is 7.05 Å². The summed E-state index contributed by atoms with van der Waals surface area (Å²) in [5.74, 6) is -4.56. The number of benzene rings is 2. The van der Waals surface area contributed by atoms with Gasteiger partial charge in [-0.15, -0.1) is 0 Å². The van der Waals surface area contributed by atoms with Gasteiger partial charge in [-0.3, -0.25) is 9.59 Å². The number of halogens is 2. The molecular weight excluding hydrogens is 332 g/mol. The second kappa shape index (κ2) is 7.65. The van der Waals surface area contributed by atoms with Crippen LogP contribution in [0.5, 0.6) is 0 Å². The molecule has 0 radical (unpaired) electrons. The average Bonchev–Trinajstić information content (AvgIpc) is 2.58. The monoisotopic (exact) mass is 347 g/mol. The summed E-state index contributed by atoms with van der Waals surface area (Å²) in [6.07, 6.45) is -0.801. The lowest BCUT2D eigenvalue weighted by molar-refractivity contribution is -0.151. The number of carboxylic acid groups (broad SMARTS) is 1. The van der Waals surface area contributed by atoms with Crippen LogP contribution in [-0.4, -0.2) is 34.7 Å². The summed E-state index contributed by atoms with van der Waals surface area (Å²) in [5.41, 5.74) is 1.07. The lowest BCUT2D eigenvalue weighted by atomic mass is 9.97. The van der Waals surface area contributed by atoms with Crippen LogP contribution in [0.4, 0.5) is 8.78 Å². The summed E-state index contributed by atoms with van der Waals surface area (Å²) in [5, 5.41) is 8.64.